The Hall–Kier alpha value is -0.770. The first-order valence-electron chi connectivity index (χ1n) is 4.59. The van der Waals surface area contributed by atoms with E-state index in [1.54, 1.807) is 6.07 Å². The molecule has 2 nitrogen and oxygen atoms in total. The SMILES string of the molecule is CCN(CC)c1cc(Br)c(F)cc1N. The van der Waals surface area contributed by atoms with E-state index in [4.69, 9.17) is 5.73 Å². The van der Waals surface area contributed by atoms with Crippen molar-refractivity contribution in [2.24, 2.45) is 0 Å². The second kappa shape index (κ2) is 4.64. The number of nitrogen functional groups attached to an aromatic ring is 1. The minimum Gasteiger partial charge on any atom is -0.397 e. The molecule has 14 heavy (non-hydrogen) atoms. The van der Waals surface area contributed by atoms with Crippen LogP contribution in [-0.4, -0.2) is 13.1 Å². The topological polar surface area (TPSA) is 29.3 Å². The molecule has 0 aromatic heterocycles. The van der Waals surface area contributed by atoms with Gasteiger partial charge in [0.25, 0.3) is 0 Å². The molecule has 1 aromatic rings. The first-order valence-corrected chi connectivity index (χ1v) is 5.38. The summed E-state index contributed by atoms with van der Waals surface area (Å²) < 4.78 is 13.5. The standard InChI is InChI=1S/C10H14BrFN2/c1-3-14(4-2)10-5-7(11)8(12)6-9(10)13/h5-6H,3-4,13H2,1-2H3. The van der Waals surface area contributed by atoms with Crippen molar-refractivity contribution < 1.29 is 4.39 Å². The van der Waals surface area contributed by atoms with Gasteiger partial charge in [0.1, 0.15) is 5.82 Å². The quantitative estimate of drug-likeness (QED) is 0.847. The fourth-order valence-electron chi connectivity index (χ4n) is 1.39. The van der Waals surface area contributed by atoms with Crippen molar-refractivity contribution in [3.8, 4) is 0 Å². The highest BCUT2D eigenvalue weighted by atomic mass is 79.9. The maximum atomic E-state index is 13.1. The molecule has 0 amide bonds. The number of nitrogens with two attached hydrogens (primary N) is 1. The lowest BCUT2D eigenvalue weighted by molar-refractivity contribution is 0.621. The first-order chi connectivity index (χ1) is 6.60. The van der Waals surface area contributed by atoms with Gasteiger partial charge in [-0.2, -0.15) is 0 Å². The van der Waals surface area contributed by atoms with Gasteiger partial charge < -0.3 is 10.6 Å². The lowest BCUT2D eigenvalue weighted by Gasteiger charge is -2.23. The van der Waals surface area contributed by atoms with Crippen LogP contribution in [0.15, 0.2) is 16.6 Å². The van der Waals surface area contributed by atoms with Gasteiger partial charge in [-0.15, -0.1) is 0 Å². The Morgan fingerprint density at radius 2 is 1.93 bits per heavy atom. The highest BCUT2D eigenvalue weighted by molar-refractivity contribution is 9.10. The molecule has 0 heterocycles. The van der Waals surface area contributed by atoms with E-state index in [-0.39, 0.29) is 5.82 Å². The molecule has 0 fully saturated rings. The van der Waals surface area contributed by atoms with Crippen molar-refractivity contribution in [3.63, 3.8) is 0 Å². The van der Waals surface area contributed by atoms with Gasteiger partial charge in [-0.25, -0.2) is 4.39 Å². The van der Waals surface area contributed by atoms with Crippen LogP contribution >= 0.6 is 15.9 Å². The van der Waals surface area contributed by atoms with Crippen molar-refractivity contribution >= 4 is 27.3 Å². The Bertz CT molecular complexity index is 324. The molecule has 0 unspecified atom stereocenters. The minimum absolute atomic E-state index is 0.321. The molecule has 0 saturated heterocycles. The summed E-state index contributed by atoms with van der Waals surface area (Å²) in [4.78, 5) is 2.08. The van der Waals surface area contributed by atoms with Crippen LogP contribution in [0.1, 0.15) is 13.8 Å². The highest BCUT2D eigenvalue weighted by Gasteiger charge is 2.09. The van der Waals surface area contributed by atoms with Gasteiger partial charge in [0.15, 0.2) is 0 Å². The van der Waals surface area contributed by atoms with E-state index in [1.165, 1.54) is 6.07 Å². The molecule has 1 rings (SSSR count). The fraction of sp³-hybridized carbons (Fsp3) is 0.400. The van der Waals surface area contributed by atoms with Crippen molar-refractivity contribution in [2.75, 3.05) is 23.7 Å². The maximum absolute atomic E-state index is 13.1. The highest BCUT2D eigenvalue weighted by Crippen LogP contribution is 2.29. The van der Waals surface area contributed by atoms with E-state index >= 15 is 0 Å². The summed E-state index contributed by atoms with van der Waals surface area (Å²) >= 11 is 3.15. The van der Waals surface area contributed by atoms with Crippen LogP contribution in [0.3, 0.4) is 0 Å². The molecular weight excluding hydrogens is 247 g/mol. The Morgan fingerprint density at radius 1 is 1.36 bits per heavy atom. The van der Waals surface area contributed by atoms with Gasteiger partial charge in [0.05, 0.1) is 15.8 Å². The van der Waals surface area contributed by atoms with Gasteiger partial charge in [-0.1, -0.05) is 0 Å². The van der Waals surface area contributed by atoms with Crippen molar-refractivity contribution in [1.82, 2.24) is 0 Å². The molecule has 0 spiro atoms. The Morgan fingerprint density at radius 3 is 2.43 bits per heavy atom. The van der Waals surface area contributed by atoms with Gasteiger partial charge in [0.2, 0.25) is 0 Å². The largest absolute Gasteiger partial charge is 0.397 e. The molecule has 0 atom stereocenters. The molecule has 0 aliphatic heterocycles. The number of anilines is 2. The number of nitrogens with zero attached hydrogens (tertiary/aromatic N) is 1. The summed E-state index contributed by atoms with van der Waals surface area (Å²) in [5.41, 5.74) is 7.10. The fourth-order valence-corrected chi connectivity index (χ4v) is 1.72. The van der Waals surface area contributed by atoms with Crippen LogP contribution in [-0.2, 0) is 0 Å². The van der Waals surface area contributed by atoms with Crippen molar-refractivity contribution in [2.45, 2.75) is 13.8 Å². The third kappa shape index (κ3) is 2.18. The third-order valence-electron chi connectivity index (χ3n) is 2.17. The second-order valence-electron chi connectivity index (χ2n) is 3.00. The molecule has 0 radical (unpaired) electrons. The maximum Gasteiger partial charge on any atom is 0.139 e. The molecule has 0 aliphatic rings. The number of hydrogen-bond acceptors (Lipinski definition) is 2. The number of rotatable bonds is 3. The van der Waals surface area contributed by atoms with Crippen molar-refractivity contribution in [3.05, 3.63) is 22.4 Å². The van der Waals surface area contributed by atoms with Crippen LogP contribution in [0.5, 0.6) is 0 Å². The predicted octanol–water partition coefficient (Wildman–Crippen LogP) is 3.02. The van der Waals surface area contributed by atoms with E-state index in [0.717, 1.165) is 18.8 Å². The molecular formula is C10H14BrFN2. The van der Waals surface area contributed by atoms with Crippen LogP contribution in [0, 0.1) is 5.82 Å². The van der Waals surface area contributed by atoms with Gasteiger partial charge in [0, 0.05) is 19.2 Å². The summed E-state index contributed by atoms with van der Waals surface area (Å²) in [7, 11) is 0. The molecule has 2 N–H and O–H groups in total. The molecule has 0 saturated carbocycles. The summed E-state index contributed by atoms with van der Waals surface area (Å²) in [5.74, 6) is -0.321. The average molecular weight is 261 g/mol. The van der Waals surface area contributed by atoms with Crippen LogP contribution in [0.4, 0.5) is 15.8 Å². The minimum atomic E-state index is -0.321. The van der Waals surface area contributed by atoms with Gasteiger partial charge in [-0.05, 0) is 35.8 Å². The van der Waals surface area contributed by atoms with Crippen LogP contribution < -0.4 is 10.6 Å². The van der Waals surface area contributed by atoms with Crippen LogP contribution in [0.25, 0.3) is 0 Å². The number of halogens is 2. The van der Waals surface area contributed by atoms with Crippen molar-refractivity contribution in [1.29, 1.82) is 0 Å². The Labute approximate surface area is 92.0 Å². The lowest BCUT2D eigenvalue weighted by atomic mass is 10.2. The molecule has 0 aliphatic carbocycles. The molecule has 4 heteroatoms. The molecule has 0 bridgehead atoms. The predicted molar refractivity (Wildman–Crippen MR) is 62.1 cm³/mol. The van der Waals surface area contributed by atoms with E-state index in [2.05, 4.69) is 20.8 Å². The van der Waals surface area contributed by atoms with E-state index in [0.29, 0.717) is 10.2 Å². The summed E-state index contributed by atoms with van der Waals surface area (Å²) in [6.45, 7) is 5.80. The zero-order valence-corrected chi connectivity index (χ0v) is 9.94. The normalized spacial score (nSPS) is 10.3. The Balaban J connectivity index is 3.14. The number of hydrogen-bond donors (Lipinski definition) is 1. The number of benzene rings is 1. The van der Waals surface area contributed by atoms with Gasteiger partial charge >= 0.3 is 0 Å². The van der Waals surface area contributed by atoms with Crippen LogP contribution in [0.2, 0.25) is 0 Å². The zero-order chi connectivity index (χ0) is 10.7. The van der Waals surface area contributed by atoms with E-state index in [9.17, 15) is 4.39 Å². The monoisotopic (exact) mass is 260 g/mol. The molecule has 78 valence electrons. The van der Waals surface area contributed by atoms with Gasteiger partial charge in [-0.3, -0.25) is 0 Å². The molecule has 1 aromatic carbocycles. The first kappa shape index (κ1) is 11.3. The summed E-state index contributed by atoms with van der Waals surface area (Å²) in [6.07, 6.45) is 0. The summed E-state index contributed by atoms with van der Waals surface area (Å²) in [6, 6.07) is 3.06. The second-order valence-corrected chi connectivity index (χ2v) is 3.85. The van der Waals surface area contributed by atoms with E-state index < -0.39 is 0 Å². The smallest absolute Gasteiger partial charge is 0.139 e. The lowest BCUT2D eigenvalue weighted by Crippen LogP contribution is -2.23. The Kier molecular flexibility index (Phi) is 3.75. The average Bonchev–Trinajstić information content (AvgIpc) is 2.15. The zero-order valence-electron chi connectivity index (χ0n) is 8.35. The summed E-state index contributed by atoms with van der Waals surface area (Å²) in [5, 5.41) is 0. The third-order valence-corrected chi connectivity index (χ3v) is 2.78. The van der Waals surface area contributed by atoms with E-state index in [1.807, 2.05) is 13.8 Å².